The molecule has 0 fully saturated rings. The Hall–Kier alpha value is -2.95. The topological polar surface area (TPSA) is 112 Å². The highest BCUT2D eigenvalue weighted by atomic mass is 35.5. The number of Topliss-reactive ketones (excluding diaryl/α,β-unsaturated/α-hetero) is 1. The van der Waals surface area contributed by atoms with E-state index in [-0.39, 0.29) is 25.0 Å². The first-order valence-electron chi connectivity index (χ1n) is 10.5. The average molecular weight is 540 g/mol. The van der Waals surface area contributed by atoms with Crippen molar-refractivity contribution in [1.82, 2.24) is 10.1 Å². The van der Waals surface area contributed by atoms with Gasteiger partial charge in [0.2, 0.25) is 5.82 Å². The molecule has 0 aliphatic rings. The van der Waals surface area contributed by atoms with E-state index in [0.717, 1.165) is 0 Å². The van der Waals surface area contributed by atoms with Gasteiger partial charge < -0.3 is 18.9 Å². The van der Waals surface area contributed by atoms with Crippen LogP contribution in [0.5, 0.6) is 0 Å². The van der Waals surface area contributed by atoms with E-state index in [1.54, 1.807) is 31.3 Å². The number of carbonyl (C=O) groups is 3. The van der Waals surface area contributed by atoms with Gasteiger partial charge in [-0.15, -0.1) is 11.3 Å². The van der Waals surface area contributed by atoms with Crippen molar-refractivity contribution in [2.24, 2.45) is 5.92 Å². The van der Waals surface area contributed by atoms with Gasteiger partial charge in [0.1, 0.15) is 16.6 Å². The van der Waals surface area contributed by atoms with Crippen LogP contribution in [-0.2, 0) is 23.9 Å². The number of methoxy groups -OCH3 is 2. The second-order valence-electron chi connectivity index (χ2n) is 7.52. The monoisotopic (exact) mass is 539 g/mol. The number of esters is 2. The predicted molar refractivity (Wildman–Crippen MR) is 133 cm³/mol. The lowest BCUT2D eigenvalue weighted by Crippen LogP contribution is -2.30. The van der Waals surface area contributed by atoms with Crippen molar-refractivity contribution in [3.63, 3.8) is 0 Å². The number of halogens is 2. The van der Waals surface area contributed by atoms with Crippen LogP contribution in [0.1, 0.15) is 19.3 Å². The molecule has 9 nitrogen and oxygen atoms in total. The van der Waals surface area contributed by atoms with E-state index in [4.69, 9.17) is 32.5 Å². The molecule has 0 saturated carbocycles. The Morgan fingerprint density at radius 1 is 1.11 bits per heavy atom. The Morgan fingerprint density at radius 3 is 2.54 bits per heavy atom. The maximum atomic E-state index is 12.6. The summed E-state index contributed by atoms with van der Waals surface area (Å²) in [6.45, 7) is 0.315. The number of benzene rings is 1. The highest BCUT2D eigenvalue weighted by molar-refractivity contribution is 7.14. The smallest absolute Gasteiger partial charge is 0.316 e. The normalized spacial score (nSPS) is 11.7. The first kappa shape index (κ1) is 26.7. The van der Waals surface area contributed by atoms with Gasteiger partial charge in [-0.25, -0.2) is 0 Å². The SMILES string of the molecule is COC(=O)CCC(=O)C(CCN(C)c1cc(-c2noc(-c3sccc3Cl)n2)ccc1Cl)C(=O)OC. The lowest BCUT2D eigenvalue weighted by molar-refractivity contribution is -0.151. The van der Waals surface area contributed by atoms with E-state index in [9.17, 15) is 14.4 Å². The van der Waals surface area contributed by atoms with E-state index >= 15 is 0 Å². The molecule has 3 rings (SSSR count). The largest absolute Gasteiger partial charge is 0.469 e. The average Bonchev–Trinajstić information content (AvgIpc) is 3.51. The van der Waals surface area contributed by atoms with E-state index in [1.165, 1.54) is 25.6 Å². The molecule has 1 aromatic carbocycles. The third-order valence-electron chi connectivity index (χ3n) is 5.28. The molecule has 0 aliphatic carbocycles. The minimum Gasteiger partial charge on any atom is -0.469 e. The number of carbonyl (C=O) groups excluding carboxylic acids is 3. The molecule has 0 spiro atoms. The van der Waals surface area contributed by atoms with Gasteiger partial charge >= 0.3 is 11.9 Å². The van der Waals surface area contributed by atoms with Gasteiger partial charge in [-0.3, -0.25) is 14.4 Å². The zero-order valence-corrected chi connectivity index (χ0v) is 21.6. The molecule has 1 atom stereocenters. The number of hydrogen-bond donors (Lipinski definition) is 0. The second-order valence-corrected chi connectivity index (χ2v) is 9.25. The quantitative estimate of drug-likeness (QED) is 0.247. The maximum absolute atomic E-state index is 12.6. The molecule has 3 aromatic rings. The van der Waals surface area contributed by atoms with E-state index in [2.05, 4.69) is 14.9 Å². The zero-order chi connectivity index (χ0) is 25.5. The van der Waals surface area contributed by atoms with Crippen LogP contribution in [-0.4, -0.2) is 55.7 Å². The summed E-state index contributed by atoms with van der Waals surface area (Å²) in [6, 6.07) is 7.01. The lowest BCUT2D eigenvalue weighted by Gasteiger charge is -2.23. The fourth-order valence-corrected chi connectivity index (χ4v) is 4.64. The number of aromatic nitrogens is 2. The third kappa shape index (κ3) is 6.59. The predicted octanol–water partition coefficient (Wildman–Crippen LogP) is 4.91. The van der Waals surface area contributed by atoms with Gasteiger partial charge in [0.15, 0.2) is 0 Å². The molecular weight excluding hydrogens is 517 g/mol. The number of hydrogen-bond acceptors (Lipinski definition) is 10. The summed E-state index contributed by atoms with van der Waals surface area (Å²) < 4.78 is 14.7. The summed E-state index contributed by atoms with van der Waals surface area (Å²) in [5, 5.41) is 6.87. The van der Waals surface area contributed by atoms with Crippen LogP contribution in [0, 0.1) is 5.92 Å². The van der Waals surface area contributed by atoms with Gasteiger partial charge in [-0.05, 0) is 36.1 Å². The molecule has 0 bridgehead atoms. The van der Waals surface area contributed by atoms with Crippen molar-refractivity contribution < 1.29 is 28.4 Å². The van der Waals surface area contributed by atoms with Crippen molar-refractivity contribution in [2.75, 3.05) is 32.7 Å². The lowest BCUT2D eigenvalue weighted by atomic mass is 9.96. The van der Waals surface area contributed by atoms with Crippen molar-refractivity contribution in [1.29, 1.82) is 0 Å². The van der Waals surface area contributed by atoms with Crippen LogP contribution in [0.25, 0.3) is 22.2 Å². The molecule has 1 unspecified atom stereocenters. The van der Waals surface area contributed by atoms with Crippen LogP contribution >= 0.6 is 34.5 Å². The van der Waals surface area contributed by atoms with Crippen molar-refractivity contribution >= 4 is 57.9 Å². The van der Waals surface area contributed by atoms with Crippen molar-refractivity contribution in [2.45, 2.75) is 19.3 Å². The molecule has 186 valence electrons. The number of anilines is 1. The Morgan fingerprint density at radius 2 is 1.89 bits per heavy atom. The first-order chi connectivity index (χ1) is 16.7. The highest BCUT2D eigenvalue weighted by Gasteiger charge is 2.28. The zero-order valence-electron chi connectivity index (χ0n) is 19.2. The van der Waals surface area contributed by atoms with Gasteiger partial charge in [0.25, 0.3) is 5.89 Å². The number of ether oxygens (including phenoxy) is 2. The van der Waals surface area contributed by atoms with Crippen molar-refractivity contribution in [3.8, 4) is 22.2 Å². The summed E-state index contributed by atoms with van der Waals surface area (Å²) in [4.78, 5) is 43.1. The number of thiophene rings is 1. The Bertz CT molecular complexity index is 1210. The number of ketones is 1. The van der Waals surface area contributed by atoms with Gasteiger partial charge in [-0.2, -0.15) is 4.98 Å². The summed E-state index contributed by atoms with van der Waals surface area (Å²) in [6.07, 6.45) is -0.0380. The van der Waals surface area contributed by atoms with Crippen LogP contribution in [0.2, 0.25) is 10.0 Å². The molecule has 0 saturated heterocycles. The molecular formula is C23H23Cl2N3O6S. The molecule has 0 aliphatic heterocycles. The van der Waals surface area contributed by atoms with Crippen LogP contribution in [0.3, 0.4) is 0 Å². The molecule has 2 heterocycles. The minimum atomic E-state index is -1.01. The van der Waals surface area contributed by atoms with E-state index in [1.807, 2.05) is 10.3 Å². The summed E-state index contributed by atoms with van der Waals surface area (Å²) >= 11 is 14.0. The fraction of sp³-hybridized carbons (Fsp3) is 0.348. The fourth-order valence-electron chi connectivity index (χ4n) is 3.32. The molecule has 35 heavy (non-hydrogen) atoms. The molecule has 2 aromatic heterocycles. The molecule has 12 heteroatoms. The van der Waals surface area contributed by atoms with Crippen molar-refractivity contribution in [3.05, 3.63) is 39.7 Å². The standard InChI is InChI=1S/C23H23Cl2N3O6S/c1-28(10-8-14(23(31)33-3)18(29)6-7-19(30)32-2)17-12-13(4-5-15(17)24)21-26-22(34-27-21)20-16(25)9-11-35-20/h4-5,9,11-12,14H,6-8,10H2,1-3H3. The number of nitrogens with zero attached hydrogens (tertiary/aromatic N) is 3. The Balaban J connectivity index is 1.73. The van der Waals surface area contributed by atoms with E-state index in [0.29, 0.717) is 44.4 Å². The van der Waals surface area contributed by atoms with E-state index < -0.39 is 17.9 Å². The first-order valence-corrected chi connectivity index (χ1v) is 12.1. The van der Waals surface area contributed by atoms with Gasteiger partial charge in [-0.1, -0.05) is 28.4 Å². The van der Waals surface area contributed by atoms with Gasteiger partial charge in [0, 0.05) is 25.6 Å². The molecule has 0 radical (unpaired) electrons. The number of rotatable bonds is 11. The third-order valence-corrected chi connectivity index (χ3v) is 6.93. The molecule has 0 amide bonds. The summed E-state index contributed by atoms with van der Waals surface area (Å²) in [7, 11) is 4.24. The van der Waals surface area contributed by atoms with Gasteiger partial charge in [0.05, 0.1) is 36.4 Å². The highest BCUT2D eigenvalue weighted by Crippen LogP contribution is 2.35. The second kappa shape index (κ2) is 12.1. The summed E-state index contributed by atoms with van der Waals surface area (Å²) in [5.74, 6) is -1.89. The van der Waals surface area contributed by atoms with Crippen LogP contribution < -0.4 is 4.90 Å². The summed E-state index contributed by atoms with van der Waals surface area (Å²) in [5.41, 5.74) is 1.31. The van der Waals surface area contributed by atoms with Crippen LogP contribution in [0.15, 0.2) is 34.2 Å². The molecule has 0 N–H and O–H groups in total. The van der Waals surface area contributed by atoms with Crippen LogP contribution in [0.4, 0.5) is 5.69 Å². The Labute approximate surface area is 215 Å². The Kier molecular flexibility index (Phi) is 9.25. The maximum Gasteiger partial charge on any atom is 0.316 e. The minimum absolute atomic E-state index is 0.101.